The van der Waals surface area contributed by atoms with Crippen molar-refractivity contribution in [2.45, 2.75) is 46.2 Å². The molecule has 0 aliphatic carbocycles. The highest BCUT2D eigenvalue weighted by atomic mass is 16.6. The van der Waals surface area contributed by atoms with Crippen LogP contribution in [0.15, 0.2) is 29.3 Å². The SMILES string of the molecule is CCN(CC)CCCC(C)NC(=NC)NCc1ccccc1[N+](=O)[O-]. The summed E-state index contributed by atoms with van der Waals surface area (Å²) in [4.78, 5) is 17.3. The first-order valence-corrected chi connectivity index (χ1v) is 8.93. The highest BCUT2D eigenvalue weighted by Gasteiger charge is 2.13. The van der Waals surface area contributed by atoms with Gasteiger partial charge in [0.1, 0.15) is 0 Å². The number of para-hydroxylation sites is 1. The van der Waals surface area contributed by atoms with Gasteiger partial charge < -0.3 is 15.5 Å². The lowest BCUT2D eigenvalue weighted by Crippen LogP contribution is -2.42. The second-order valence-corrected chi connectivity index (χ2v) is 6.03. The lowest BCUT2D eigenvalue weighted by Gasteiger charge is -2.21. The van der Waals surface area contributed by atoms with E-state index in [1.807, 2.05) is 0 Å². The molecule has 25 heavy (non-hydrogen) atoms. The van der Waals surface area contributed by atoms with Gasteiger partial charge in [-0.25, -0.2) is 0 Å². The summed E-state index contributed by atoms with van der Waals surface area (Å²) < 4.78 is 0. The molecule has 7 nitrogen and oxygen atoms in total. The highest BCUT2D eigenvalue weighted by Crippen LogP contribution is 2.17. The molecule has 0 amide bonds. The first-order valence-electron chi connectivity index (χ1n) is 8.93. The molecule has 0 aromatic heterocycles. The first kappa shape index (κ1) is 20.9. The minimum Gasteiger partial charge on any atom is -0.354 e. The van der Waals surface area contributed by atoms with E-state index in [1.165, 1.54) is 6.07 Å². The predicted molar refractivity (Wildman–Crippen MR) is 103 cm³/mol. The molecule has 1 rings (SSSR count). The lowest BCUT2D eigenvalue weighted by molar-refractivity contribution is -0.385. The van der Waals surface area contributed by atoms with Crippen LogP contribution in [0.3, 0.4) is 0 Å². The van der Waals surface area contributed by atoms with E-state index in [9.17, 15) is 10.1 Å². The highest BCUT2D eigenvalue weighted by molar-refractivity contribution is 5.80. The van der Waals surface area contributed by atoms with Gasteiger partial charge >= 0.3 is 0 Å². The Morgan fingerprint density at radius 2 is 2.00 bits per heavy atom. The fourth-order valence-corrected chi connectivity index (χ4v) is 2.68. The number of hydrogen-bond acceptors (Lipinski definition) is 4. The molecule has 1 aromatic carbocycles. The zero-order valence-electron chi connectivity index (χ0n) is 15.8. The largest absolute Gasteiger partial charge is 0.354 e. The Hall–Kier alpha value is -2.15. The van der Waals surface area contributed by atoms with Crippen LogP contribution in [0.5, 0.6) is 0 Å². The summed E-state index contributed by atoms with van der Waals surface area (Å²) >= 11 is 0. The topological polar surface area (TPSA) is 82.8 Å². The zero-order chi connectivity index (χ0) is 18.7. The van der Waals surface area contributed by atoms with Crippen LogP contribution in [0, 0.1) is 10.1 Å². The Balaban J connectivity index is 2.46. The van der Waals surface area contributed by atoms with Crippen molar-refractivity contribution in [2.24, 2.45) is 4.99 Å². The second kappa shape index (κ2) is 11.4. The average Bonchev–Trinajstić information content (AvgIpc) is 2.62. The number of nitrogens with zero attached hydrogens (tertiary/aromatic N) is 3. The molecule has 0 aliphatic heterocycles. The Morgan fingerprint density at radius 3 is 2.60 bits per heavy atom. The summed E-state index contributed by atoms with van der Waals surface area (Å²) in [6, 6.07) is 7.03. The van der Waals surface area contributed by atoms with Gasteiger partial charge in [-0.1, -0.05) is 32.0 Å². The summed E-state index contributed by atoms with van der Waals surface area (Å²) in [6.07, 6.45) is 2.17. The van der Waals surface area contributed by atoms with Crippen molar-refractivity contribution >= 4 is 11.6 Å². The van der Waals surface area contributed by atoms with Crippen molar-refractivity contribution in [3.8, 4) is 0 Å². The van der Waals surface area contributed by atoms with Crippen molar-refractivity contribution in [1.29, 1.82) is 0 Å². The molecular weight excluding hydrogens is 318 g/mol. The minimum absolute atomic E-state index is 0.123. The zero-order valence-corrected chi connectivity index (χ0v) is 15.8. The maximum Gasteiger partial charge on any atom is 0.274 e. The maximum absolute atomic E-state index is 11.1. The van der Waals surface area contributed by atoms with E-state index in [-0.39, 0.29) is 16.7 Å². The number of nitrogens with one attached hydrogen (secondary N) is 2. The maximum atomic E-state index is 11.1. The molecule has 140 valence electrons. The van der Waals surface area contributed by atoms with Gasteiger partial charge in [0.15, 0.2) is 5.96 Å². The Labute approximate surface area is 150 Å². The summed E-state index contributed by atoms with van der Waals surface area (Å²) in [5.41, 5.74) is 0.766. The van der Waals surface area contributed by atoms with Crippen molar-refractivity contribution in [1.82, 2.24) is 15.5 Å². The molecule has 0 heterocycles. The van der Waals surface area contributed by atoms with Crippen LogP contribution in [0.4, 0.5) is 5.69 Å². The monoisotopic (exact) mass is 349 g/mol. The van der Waals surface area contributed by atoms with Crippen LogP contribution in [0.1, 0.15) is 39.2 Å². The molecule has 7 heteroatoms. The number of benzene rings is 1. The molecule has 1 atom stereocenters. The Bertz CT molecular complexity index is 558. The third-order valence-corrected chi connectivity index (χ3v) is 4.25. The number of nitro groups is 1. The summed E-state index contributed by atoms with van der Waals surface area (Å²) in [5.74, 6) is 0.661. The molecule has 0 fully saturated rings. The quantitative estimate of drug-likeness (QED) is 0.294. The molecule has 1 unspecified atom stereocenters. The molecular formula is C18H31N5O2. The number of aliphatic imine (C=N–C) groups is 1. The van der Waals surface area contributed by atoms with Crippen LogP contribution >= 0.6 is 0 Å². The van der Waals surface area contributed by atoms with Gasteiger partial charge in [0, 0.05) is 31.3 Å². The van der Waals surface area contributed by atoms with E-state index >= 15 is 0 Å². The number of nitro benzene ring substituents is 1. The third-order valence-electron chi connectivity index (χ3n) is 4.25. The van der Waals surface area contributed by atoms with Crippen LogP contribution in [0.2, 0.25) is 0 Å². The molecule has 0 bridgehead atoms. The van der Waals surface area contributed by atoms with Gasteiger partial charge in [0.2, 0.25) is 0 Å². The van der Waals surface area contributed by atoms with Crippen molar-refractivity contribution in [3.63, 3.8) is 0 Å². The number of guanidine groups is 1. The summed E-state index contributed by atoms with van der Waals surface area (Å²) in [7, 11) is 1.71. The lowest BCUT2D eigenvalue weighted by atomic mass is 10.1. The second-order valence-electron chi connectivity index (χ2n) is 6.03. The molecule has 0 spiro atoms. The van der Waals surface area contributed by atoms with Gasteiger partial charge in [-0.05, 0) is 39.4 Å². The van der Waals surface area contributed by atoms with E-state index in [0.29, 0.717) is 18.1 Å². The van der Waals surface area contributed by atoms with Gasteiger partial charge in [0.25, 0.3) is 5.69 Å². The predicted octanol–water partition coefficient (Wildman–Crippen LogP) is 2.77. The molecule has 2 N–H and O–H groups in total. The summed E-state index contributed by atoms with van der Waals surface area (Å²) in [6.45, 7) is 10.1. The fraction of sp³-hybridized carbons (Fsp3) is 0.611. The Kier molecular flexibility index (Phi) is 9.54. The molecule has 0 saturated carbocycles. The van der Waals surface area contributed by atoms with Gasteiger partial charge in [-0.3, -0.25) is 15.1 Å². The van der Waals surface area contributed by atoms with Crippen molar-refractivity contribution < 1.29 is 4.92 Å². The van der Waals surface area contributed by atoms with Gasteiger partial charge in [-0.15, -0.1) is 0 Å². The van der Waals surface area contributed by atoms with Crippen LogP contribution in [-0.2, 0) is 6.54 Å². The van der Waals surface area contributed by atoms with Gasteiger partial charge in [-0.2, -0.15) is 0 Å². The number of rotatable bonds is 10. The molecule has 0 aliphatic rings. The average molecular weight is 349 g/mol. The van der Waals surface area contributed by atoms with Gasteiger partial charge in [0.05, 0.1) is 4.92 Å². The van der Waals surface area contributed by atoms with E-state index in [1.54, 1.807) is 25.2 Å². The smallest absolute Gasteiger partial charge is 0.274 e. The molecule has 0 radical (unpaired) electrons. The third kappa shape index (κ3) is 7.51. The van der Waals surface area contributed by atoms with E-state index in [4.69, 9.17) is 0 Å². The number of hydrogen-bond donors (Lipinski definition) is 2. The van der Waals surface area contributed by atoms with Crippen LogP contribution < -0.4 is 10.6 Å². The normalized spacial score (nSPS) is 12.9. The van der Waals surface area contributed by atoms with Crippen LogP contribution in [0.25, 0.3) is 0 Å². The summed E-state index contributed by atoms with van der Waals surface area (Å²) in [5, 5.41) is 17.6. The minimum atomic E-state index is -0.358. The van der Waals surface area contributed by atoms with E-state index < -0.39 is 0 Å². The van der Waals surface area contributed by atoms with Crippen LogP contribution in [-0.4, -0.2) is 48.5 Å². The fourth-order valence-electron chi connectivity index (χ4n) is 2.68. The van der Waals surface area contributed by atoms with E-state index in [2.05, 4.69) is 41.3 Å². The Morgan fingerprint density at radius 1 is 1.32 bits per heavy atom. The first-order chi connectivity index (χ1) is 12.0. The standard InChI is InChI=1S/C18H31N5O2/c1-5-22(6-2)13-9-10-15(3)21-18(19-4)20-14-16-11-7-8-12-17(16)23(24)25/h7-8,11-12,15H,5-6,9-10,13-14H2,1-4H3,(H2,19,20,21). The molecule has 1 aromatic rings. The molecule has 0 saturated heterocycles. The van der Waals surface area contributed by atoms with E-state index in [0.717, 1.165) is 32.5 Å². The van der Waals surface area contributed by atoms with Crippen molar-refractivity contribution in [3.05, 3.63) is 39.9 Å². The van der Waals surface area contributed by atoms with Crippen molar-refractivity contribution in [2.75, 3.05) is 26.7 Å².